The Labute approximate surface area is 167 Å². The van der Waals surface area contributed by atoms with Crippen LogP contribution in [0, 0.1) is 6.92 Å². The number of carbonyl (C=O) groups excluding carboxylic acids is 1. The highest BCUT2D eigenvalue weighted by Gasteiger charge is 2.32. The van der Waals surface area contributed by atoms with Crippen LogP contribution in [-0.4, -0.2) is 45.0 Å². The molecular weight excluding hydrogens is 408 g/mol. The van der Waals surface area contributed by atoms with E-state index in [1.54, 1.807) is 30.0 Å². The van der Waals surface area contributed by atoms with Crippen LogP contribution in [0.15, 0.2) is 50.5 Å². The quantitative estimate of drug-likeness (QED) is 0.720. The summed E-state index contributed by atoms with van der Waals surface area (Å²) in [4.78, 5) is 25.1. The number of hydrogen-bond acceptors (Lipinski definition) is 6. The Morgan fingerprint density at radius 3 is 2.75 bits per heavy atom. The molecule has 1 N–H and O–H groups in total. The van der Waals surface area contributed by atoms with E-state index in [4.69, 9.17) is 20.8 Å². The second kappa shape index (κ2) is 8.34. The number of sulfonamides is 1. The molecule has 150 valence electrons. The number of hydrogen-bond donors (Lipinski definition) is 1. The predicted molar refractivity (Wildman–Crippen MR) is 102 cm³/mol. The van der Waals surface area contributed by atoms with Crippen molar-refractivity contribution >= 4 is 27.5 Å². The van der Waals surface area contributed by atoms with Crippen LogP contribution in [0.2, 0.25) is 5.02 Å². The summed E-state index contributed by atoms with van der Waals surface area (Å²) in [5, 5.41) is 0.317. The van der Waals surface area contributed by atoms with Crippen LogP contribution < -0.4 is 15.1 Å². The number of amides is 1. The van der Waals surface area contributed by atoms with Crippen LogP contribution in [0.5, 0.6) is 5.75 Å². The lowest BCUT2D eigenvalue weighted by Gasteiger charge is -2.39. The molecular formula is C18H19ClN2O6S. The zero-order valence-corrected chi connectivity index (χ0v) is 16.6. The average molecular weight is 427 g/mol. The molecule has 8 nitrogen and oxygen atoms in total. The summed E-state index contributed by atoms with van der Waals surface area (Å²) in [6, 6.07) is 8.75. The van der Waals surface area contributed by atoms with Crippen molar-refractivity contribution < 1.29 is 22.4 Å². The molecule has 2 heterocycles. The van der Waals surface area contributed by atoms with E-state index in [2.05, 4.69) is 4.72 Å². The third-order valence-corrected chi connectivity index (χ3v) is 5.80. The third kappa shape index (κ3) is 5.12. The van der Waals surface area contributed by atoms with Gasteiger partial charge >= 0.3 is 5.63 Å². The number of halogens is 1. The van der Waals surface area contributed by atoms with Crippen molar-refractivity contribution in [3.8, 4) is 5.75 Å². The number of nitrogens with zero attached hydrogens (tertiary/aromatic N) is 1. The Hall–Kier alpha value is -2.36. The largest absolute Gasteiger partial charge is 0.486 e. The molecule has 0 bridgehead atoms. The van der Waals surface area contributed by atoms with Crippen LogP contribution in [0.1, 0.15) is 12.2 Å². The molecule has 0 unspecified atom stereocenters. The van der Waals surface area contributed by atoms with Gasteiger partial charge in [-0.2, -0.15) is 0 Å². The number of nitrogens with one attached hydrogen (secondary N) is 1. The fourth-order valence-corrected chi connectivity index (χ4v) is 4.05. The van der Waals surface area contributed by atoms with Gasteiger partial charge in [0.05, 0.1) is 24.1 Å². The molecule has 1 aromatic carbocycles. The molecule has 0 aliphatic carbocycles. The van der Waals surface area contributed by atoms with Crippen molar-refractivity contribution in [3.63, 3.8) is 0 Å². The Bertz CT molecular complexity index is 1030. The van der Waals surface area contributed by atoms with E-state index in [9.17, 15) is 18.0 Å². The molecule has 1 saturated heterocycles. The highest BCUT2D eigenvalue weighted by molar-refractivity contribution is 7.89. The minimum atomic E-state index is -3.72. The Morgan fingerprint density at radius 2 is 2.07 bits per heavy atom. The van der Waals surface area contributed by atoms with Gasteiger partial charge in [-0.05, 0) is 25.1 Å². The Balaban J connectivity index is 1.43. The minimum absolute atomic E-state index is 0.0192. The van der Waals surface area contributed by atoms with E-state index in [0.717, 1.165) is 0 Å². The number of ether oxygens (including phenoxy) is 1. The molecule has 1 amide bonds. The normalized spacial score (nSPS) is 14.6. The molecule has 0 atom stereocenters. The first-order chi connectivity index (χ1) is 13.2. The molecule has 0 spiro atoms. The number of aryl methyl sites for hydroxylation is 1. The zero-order valence-electron chi connectivity index (χ0n) is 15.1. The van der Waals surface area contributed by atoms with Gasteiger partial charge in [-0.15, -0.1) is 0 Å². The lowest BCUT2D eigenvalue weighted by molar-refractivity contribution is -0.139. The van der Waals surface area contributed by atoms with Gasteiger partial charge in [0.15, 0.2) is 0 Å². The van der Waals surface area contributed by atoms with Crippen LogP contribution in [0.4, 0.5) is 0 Å². The van der Waals surface area contributed by atoms with Crippen molar-refractivity contribution in [3.05, 3.63) is 57.6 Å². The van der Waals surface area contributed by atoms with Crippen molar-refractivity contribution in [2.75, 3.05) is 19.6 Å². The second-order valence-corrected chi connectivity index (χ2v) is 8.57. The number of benzene rings is 1. The fraction of sp³-hybridized carbons (Fsp3) is 0.333. The summed E-state index contributed by atoms with van der Waals surface area (Å²) in [6.07, 6.45) is -0.186. The maximum atomic E-state index is 12.2. The lowest BCUT2D eigenvalue weighted by Crippen LogP contribution is -2.56. The van der Waals surface area contributed by atoms with Crippen molar-refractivity contribution in [1.82, 2.24) is 9.62 Å². The van der Waals surface area contributed by atoms with Crippen LogP contribution in [0.3, 0.4) is 0 Å². The average Bonchev–Trinajstić information content (AvgIpc) is 2.56. The third-order valence-electron chi connectivity index (χ3n) is 4.11. The van der Waals surface area contributed by atoms with Gasteiger partial charge in [0.25, 0.3) is 0 Å². The van der Waals surface area contributed by atoms with Crippen LogP contribution >= 0.6 is 11.6 Å². The van der Waals surface area contributed by atoms with E-state index in [1.165, 1.54) is 18.2 Å². The minimum Gasteiger partial charge on any atom is -0.486 e. The molecule has 10 heteroatoms. The van der Waals surface area contributed by atoms with Crippen LogP contribution in [0.25, 0.3) is 0 Å². The van der Waals surface area contributed by atoms with Gasteiger partial charge in [-0.1, -0.05) is 17.7 Å². The van der Waals surface area contributed by atoms with Crippen molar-refractivity contribution in [2.45, 2.75) is 24.3 Å². The van der Waals surface area contributed by atoms with Crippen LogP contribution in [-0.2, 0) is 14.8 Å². The summed E-state index contributed by atoms with van der Waals surface area (Å²) in [7, 11) is -3.72. The van der Waals surface area contributed by atoms with E-state index < -0.39 is 15.6 Å². The first kappa shape index (κ1) is 20.4. The van der Waals surface area contributed by atoms with Gasteiger partial charge in [0.1, 0.15) is 17.6 Å². The number of likely N-dealkylation sites (tertiary alicyclic amines) is 1. The molecule has 1 aliphatic heterocycles. The monoisotopic (exact) mass is 426 g/mol. The van der Waals surface area contributed by atoms with Gasteiger partial charge in [0, 0.05) is 24.1 Å². The first-order valence-electron chi connectivity index (χ1n) is 8.54. The standard InChI is InChI=1S/C18H19ClN2O6S/c1-12-7-14(9-18(23)26-12)27-15-10-21(11-15)17(22)5-6-20-28(24,25)16-4-2-3-13(19)8-16/h2-4,7-9,15,20H,5-6,10-11H2,1H3. The Morgan fingerprint density at radius 1 is 1.32 bits per heavy atom. The summed E-state index contributed by atoms with van der Waals surface area (Å²) in [5.41, 5.74) is -0.491. The molecule has 0 saturated carbocycles. The number of rotatable bonds is 7. The van der Waals surface area contributed by atoms with Crippen molar-refractivity contribution in [1.29, 1.82) is 0 Å². The summed E-state index contributed by atoms with van der Waals surface area (Å²) in [5.74, 6) is 0.666. The first-order valence-corrected chi connectivity index (χ1v) is 10.4. The fourth-order valence-electron chi connectivity index (χ4n) is 2.72. The predicted octanol–water partition coefficient (Wildman–Crippen LogP) is 1.56. The van der Waals surface area contributed by atoms with E-state index >= 15 is 0 Å². The summed E-state index contributed by atoms with van der Waals surface area (Å²) < 4.78 is 37.3. The van der Waals surface area contributed by atoms with E-state index in [-0.39, 0.29) is 29.9 Å². The molecule has 1 aromatic heterocycles. The molecule has 2 aromatic rings. The lowest BCUT2D eigenvalue weighted by atomic mass is 10.1. The SMILES string of the molecule is Cc1cc(OC2CN(C(=O)CCNS(=O)(=O)c3cccc(Cl)c3)C2)cc(=O)o1. The molecule has 28 heavy (non-hydrogen) atoms. The molecule has 1 aliphatic rings. The smallest absolute Gasteiger partial charge is 0.339 e. The highest BCUT2D eigenvalue weighted by atomic mass is 35.5. The second-order valence-electron chi connectivity index (χ2n) is 6.37. The zero-order chi connectivity index (χ0) is 20.3. The van der Waals surface area contributed by atoms with E-state index in [0.29, 0.717) is 29.6 Å². The summed E-state index contributed by atoms with van der Waals surface area (Å²) in [6.45, 7) is 2.38. The topological polar surface area (TPSA) is 106 Å². The number of carbonyl (C=O) groups is 1. The van der Waals surface area contributed by atoms with Crippen molar-refractivity contribution in [2.24, 2.45) is 0 Å². The van der Waals surface area contributed by atoms with Gasteiger partial charge < -0.3 is 14.1 Å². The molecule has 3 rings (SSSR count). The Kier molecular flexibility index (Phi) is 6.07. The maximum absolute atomic E-state index is 12.2. The van der Waals surface area contributed by atoms with Gasteiger partial charge in [-0.3, -0.25) is 4.79 Å². The molecule has 0 radical (unpaired) electrons. The highest BCUT2D eigenvalue weighted by Crippen LogP contribution is 2.19. The summed E-state index contributed by atoms with van der Waals surface area (Å²) >= 11 is 5.80. The van der Waals surface area contributed by atoms with Gasteiger partial charge in [0.2, 0.25) is 15.9 Å². The van der Waals surface area contributed by atoms with Gasteiger partial charge in [-0.25, -0.2) is 17.9 Å². The molecule has 1 fully saturated rings. The maximum Gasteiger partial charge on any atom is 0.339 e. The van der Waals surface area contributed by atoms with E-state index in [1.807, 2.05) is 0 Å².